The fourth-order valence-electron chi connectivity index (χ4n) is 3.13. The van der Waals surface area contributed by atoms with Gasteiger partial charge in [-0.15, -0.1) is 0 Å². The van der Waals surface area contributed by atoms with Crippen LogP contribution in [0.1, 0.15) is 38.5 Å². The van der Waals surface area contributed by atoms with E-state index in [2.05, 4.69) is 29.7 Å². The Morgan fingerprint density at radius 2 is 1.67 bits per heavy atom. The average Bonchev–Trinajstić information content (AvgIpc) is 2.71. The first kappa shape index (κ1) is 11.5. The second kappa shape index (κ2) is 5.40. The van der Waals surface area contributed by atoms with Gasteiger partial charge in [-0.1, -0.05) is 25.0 Å². The largest absolute Gasteiger partial charge is 0.300 e. The summed E-state index contributed by atoms with van der Waals surface area (Å²) in [6.45, 7) is 3.77. The summed E-state index contributed by atoms with van der Waals surface area (Å²) in [6.07, 6.45) is 13.3. The van der Waals surface area contributed by atoms with Crippen LogP contribution in [0, 0.1) is 5.41 Å². The van der Waals surface area contributed by atoms with Crippen LogP contribution in [0.4, 0.5) is 0 Å². The summed E-state index contributed by atoms with van der Waals surface area (Å²) in [5, 5.41) is 0. The van der Waals surface area contributed by atoms with Gasteiger partial charge in [-0.2, -0.15) is 12.6 Å². The summed E-state index contributed by atoms with van der Waals surface area (Å²) in [7, 11) is 0. The van der Waals surface area contributed by atoms with Gasteiger partial charge in [0.05, 0.1) is 0 Å². The van der Waals surface area contributed by atoms with E-state index in [1.807, 2.05) is 0 Å². The maximum Gasteiger partial charge on any atom is 0.0163 e. The molecule has 2 rings (SSSR count). The molecular formula is C13H23NS. The smallest absolute Gasteiger partial charge is 0.0163 e. The van der Waals surface area contributed by atoms with Crippen LogP contribution in [0.2, 0.25) is 0 Å². The Kier molecular flexibility index (Phi) is 4.15. The van der Waals surface area contributed by atoms with Crippen LogP contribution in [0.3, 0.4) is 0 Å². The van der Waals surface area contributed by atoms with E-state index < -0.39 is 0 Å². The fraction of sp³-hybridized carbons (Fsp3) is 0.846. The topological polar surface area (TPSA) is 3.24 Å². The van der Waals surface area contributed by atoms with Crippen LogP contribution in [0.25, 0.3) is 0 Å². The Balaban J connectivity index is 1.74. The van der Waals surface area contributed by atoms with E-state index in [9.17, 15) is 0 Å². The summed E-state index contributed by atoms with van der Waals surface area (Å²) >= 11 is 4.18. The van der Waals surface area contributed by atoms with Crippen molar-refractivity contribution < 1.29 is 0 Å². The third kappa shape index (κ3) is 3.01. The maximum atomic E-state index is 4.18. The van der Waals surface area contributed by atoms with E-state index in [1.165, 1.54) is 51.6 Å². The number of nitrogens with zero attached hydrogens (tertiary/aromatic N) is 1. The van der Waals surface area contributed by atoms with Crippen molar-refractivity contribution in [2.75, 3.05) is 25.4 Å². The molecule has 86 valence electrons. The van der Waals surface area contributed by atoms with Crippen molar-refractivity contribution in [3.05, 3.63) is 12.2 Å². The molecule has 1 nitrogen and oxygen atoms in total. The molecule has 0 aromatic rings. The standard InChI is InChI=1S/C13H23NS/c15-12-4-3-9-14-10-7-13(8-11-14)5-1-2-6-13/h3-4,15H,1-2,5-12H2. The molecule has 1 saturated heterocycles. The van der Waals surface area contributed by atoms with Crippen molar-refractivity contribution in [2.24, 2.45) is 5.41 Å². The lowest BCUT2D eigenvalue weighted by molar-refractivity contribution is 0.117. The third-order valence-corrected chi connectivity index (χ3v) is 4.43. The summed E-state index contributed by atoms with van der Waals surface area (Å²) in [5.41, 5.74) is 0.768. The van der Waals surface area contributed by atoms with Gasteiger partial charge in [-0.05, 0) is 44.2 Å². The highest BCUT2D eigenvalue weighted by Gasteiger charge is 2.36. The normalized spacial score (nSPS) is 26.7. The average molecular weight is 225 g/mol. The van der Waals surface area contributed by atoms with Crippen molar-refractivity contribution in [3.63, 3.8) is 0 Å². The molecule has 1 aliphatic carbocycles. The zero-order valence-corrected chi connectivity index (χ0v) is 10.5. The van der Waals surface area contributed by atoms with Crippen LogP contribution >= 0.6 is 12.6 Å². The molecule has 2 fully saturated rings. The maximum absolute atomic E-state index is 4.18. The molecule has 0 amide bonds. The molecule has 2 aliphatic rings. The lowest BCUT2D eigenvalue weighted by Crippen LogP contribution is -2.38. The van der Waals surface area contributed by atoms with Crippen LogP contribution < -0.4 is 0 Å². The molecular weight excluding hydrogens is 202 g/mol. The zero-order valence-electron chi connectivity index (χ0n) is 9.62. The SMILES string of the molecule is SCC=CCN1CCC2(CCCC2)CC1. The second-order valence-electron chi connectivity index (χ2n) is 5.16. The first-order valence-corrected chi connectivity index (χ1v) is 6.96. The molecule has 1 aliphatic heterocycles. The molecule has 0 N–H and O–H groups in total. The zero-order chi connectivity index (χ0) is 10.6. The minimum absolute atomic E-state index is 0.768. The van der Waals surface area contributed by atoms with Crippen molar-refractivity contribution in [2.45, 2.75) is 38.5 Å². The van der Waals surface area contributed by atoms with Gasteiger partial charge in [0.15, 0.2) is 0 Å². The van der Waals surface area contributed by atoms with Gasteiger partial charge >= 0.3 is 0 Å². The number of rotatable bonds is 3. The van der Waals surface area contributed by atoms with Gasteiger partial charge < -0.3 is 0 Å². The third-order valence-electron chi connectivity index (χ3n) is 4.22. The summed E-state index contributed by atoms with van der Waals surface area (Å²) < 4.78 is 0. The highest BCUT2D eigenvalue weighted by Crippen LogP contribution is 2.45. The van der Waals surface area contributed by atoms with Crippen LogP contribution in [0.5, 0.6) is 0 Å². The minimum atomic E-state index is 0.768. The second-order valence-corrected chi connectivity index (χ2v) is 5.53. The van der Waals surface area contributed by atoms with E-state index in [1.54, 1.807) is 0 Å². The quantitative estimate of drug-likeness (QED) is 0.570. The molecule has 0 radical (unpaired) electrons. The van der Waals surface area contributed by atoms with Gasteiger partial charge in [-0.3, -0.25) is 4.90 Å². The molecule has 1 heterocycles. The van der Waals surface area contributed by atoms with Crippen LogP contribution in [0.15, 0.2) is 12.2 Å². The first-order valence-electron chi connectivity index (χ1n) is 6.33. The number of thiol groups is 1. The van der Waals surface area contributed by atoms with Crippen molar-refractivity contribution in [1.82, 2.24) is 4.90 Å². The molecule has 1 saturated carbocycles. The van der Waals surface area contributed by atoms with Crippen molar-refractivity contribution in [3.8, 4) is 0 Å². The molecule has 15 heavy (non-hydrogen) atoms. The predicted molar refractivity (Wildman–Crippen MR) is 69.6 cm³/mol. The number of hydrogen-bond acceptors (Lipinski definition) is 2. The molecule has 0 unspecified atom stereocenters. The Hall–Kier alpha value is 0.0500. The molecule has 1 spiro atoms. The number of hydrogen-bond donors (Lipinski definition) is 1. The van der Waals surface area contributed by atoms with E-state index in [-0.39, 0.29) is 0 Å². The van der Waals surface area contributed by atoms with Crippen LogP contribution in [-0.2, 0) is 0 Å². The lowest BCUT2D eigenvalue weighted by atomic mass is 9.77. The first-order chi connectivity index (χ1) is 7.35. The fourth-order valence-corrected chi connectivity index (χ4v) is 3.28. The summed E-state index contributed by atoms with van der Waals surface area (Å²) in [5.74, 6) is 0.873. The summed E-state index contributed by atoms with van der Waals surface area (Å²) in [4.78, 5) is 2.59. The van der Waals surface area contributed by atoms with Gasteiger partial charge in [0.2, 0.25) is 0 Å². The van der Waals surface area contributed by atoms with E-state index in [4.69, 9.17) is 0 Å². The molecule has 0 aromatic heterocycles. The Bertz CT molecular complexity index is 209. The molecule has 2 heteroatoms. The Labute approximate surface area is 99.3 Å². The highest BCUT2D eigenvalue weighted by atomic mass is 32.1. The number of likely N-dealkylation sites (tertiary alicyclic amines) is 1. The van der Waals surface area contributed by atoms with Gasteiger partial charge in [0, 0.05) is 12.3 Å². The van der Waals surface area contributed by atoms with E-state index in [0.29, 0.717) is 0 Å². The van der Waals surface area contributed by atoms with E-state index >= 15 is 0 Å². The lowest BCUT2D eigenvalue weighted by Gasteiger charge is -2.39. The Morgan fingerprint density at radius 3 is 2.27 bits per heavy atom. The van der Waals surface area contributed by atoms with Crippen molar-refractivity contribution in [1.29, 1.82) is 0 Å². The van der Waals surface area contributed by atoms with Crippen LogP contribution in [-0.4, -0.2) is 30.3 Å². The van der Waals surface area contributed by atoms with Gasteiger partial charge in [0.25, 0.3) is 0 Å². The van der Waals surface area contributed by atoms with Crippen molar-refractivity contribution >= 4 is 12.6 Å². The van der Waals surface area contributed by atoms with Gasteiger partial charge in [0.1, 0.15) is 0 Å². The van der Waals surface area contributed by atoms with Gasteiger partial charge in [-0.25, -0.2) is 0 Å². The highest BCUT2D eigenvalue weighted by molar-refractivity contribution is 7.80. The van der Waals surface area contributed by atoms with E-state index in [0.717, 1.165) is 17.7 Å². The molecule has 0 aromatic carbocycles. The molecule has 0 bridgehead atoms. The monoisotopic (exact) mass is 225 g/mol. The predicted octanol–water partition coefficient (Wildman–Crippen LogP) is 3.13. The molecule has 0 atom stereocenters. The number of piperidine rings is 1. The summed E-state index contributed by atoms with van der Waals surface area (Å²) in [6, 6.07) is 0. The minimum Gasteiger partial charge on any atom is -0.300 e. The Morgan fingerprint density at radius 1 is 1.00 bits per heavy atom.